The number of phenols is 2. The third kappa shape index (κ3) is 9.29. The predicted molar refractivity (Wildman–Crippen MR) is 238 cm³/mol. The fraction of sp³-hybridized carbons (Fsp3) is 0.292. The maximum absolute atomic E-state index is 12.5. The number of aromatic nitrogens is 5. The van der Waals surface area contributed by atoms with E-state index in [0.29, 0.717) is 35.6 Å². The van der Waals surface area contributed by atoms with Crippen LogP contribution in [-0.2, 0) is 11.2 Å². The highest BCUT2D eigenvalue weighted by Crippen LogP contribution is 2.35. The molecular formula is C48H51N9O3. The van der Waals surface area contributed by atoms with Crippen molar-refractivity contribution in [3.63, 3.8) is 0 Å². The lowest BCUT2D eigenvalue weighted by molar-refractivity contribution is -0.121. The topological polar surface area (TPSA) is 167 Å². The van der Waals surface area contributed by atoms with E-state index in [0.717, 1.165) is 102 Å². The molecule has 0 bridgehead atoms. The number of benzene rings is 4. The van der Waals surface area contributed by atoms with Crippen LogP contribution in [0.4, 0.5) is 11.6 Å². The molecule has 306 valence electrons. The summed E-state index contributed by atoms with van der Waals surface area (Å²) in [6, 6.07) is 33.0. The Morgan fingerprint density at radius 2 is 1.17 bits per heavy atom. The summed E-state index contributed by atoms with van der Waals surface area (Å²) in [5, 5.41) is 25.8. The van der Waals surface area contributed by atoms with Crippen molar-refractivity contribution in [2.45, 2.75) is 64.5 Å². The molecule has 2 aliphatic rings. The van der Waals surface area contributed by atoms with E-state index in [1.165, 1.54) is 0 Å². The number of hydrogen-bond acceptors (Lipinski definition) is 11. The van der Waals surface area contributed by atoms with Crippen molar-refractivity contribution >= 4 is 39.3 Å². The van der Waals surface area contributed by atoms with E-state index in [1.807, 2.05) is 49.4 Å². The number of carbonyl (C=O) groups is 1. The number of pyridine rings is 1. The Hall–Kier alpha value is -6.66. The molecule has 4 aromatic carbocycles. The first-order chi connectivity index (χ1) is 29.2. The molecule has 0 spiro atoms. The zero-order valence-electron chi connectivity index (χ0n) is 34.1. The number of phenolic OH excluding ortho intramolecular Hbond substituents is 2. The fourth-order valence-electron chi connectivity index (χ4n) is 7.93. The number of anilines is 2. The Morgan fingerprint density at radius 3 is 1.67 bits per heavy atom. The average molecular weight is 802 g/mol. The first-order valence-electron chi connectivity index (χ1n) is 20.8. The molecule has 0 atom stereocenters. The van der Waals surface area contributed by atoms with Crippen molar-refractivity contribution in [1.82, 2.24) is 30.2 Å². The number of nitrogens with one attached hydrogen (secondary N) is 1. The quantitative estimate of drug-likeness (QED) is 0.119. The second-order valence-corrected chi connectivity index (χ2v) is 15.8. The largest absolute Gasteiger partial charge is 0.507 e. The van der Waals surface area contributed by atoms with Gasteiger partial charge in [-0.15, -0.1) is 0 Å². The summed E-state index contributed by atoms with van der Waals surface area (Å²) in [6.45, 7) is 7.45. The molecule has 60 heavy (non-hydrogen) atoms. The van der Waals surface area contributed by atoms with Gasteiger partial charge in [-0.2, -0.15) is 0 Å². The Balaban J connectivity index is 0.000000176. The minimum absolute atomic E-state index is 0.0684. The number of amides is 1. The molecule has 2 fully saturated rings. The first-order valence-corrected chi connectivity index (χ1v) is 20.8. The number of aryl methyl sites for hydroxylation is 3. The van der Waals surface area contributed by atoms with Crippen LogP contribution in [0.25, 0.3) is 44.6 Å². The number of carbonyl (C=O) groups excluding carboxylic acids is 1. The highest BCUT2D eigenvalue weighted by atomic mass is 16.3. The number of para-hydroxylation sites is 2. The van der Waals surface area contributed by atoms with Gasteiger partial charge in [-0.25, -0.2) is 19.9 Å². The number of rotatable bonds is 8. The zero-order chi connectivity index (χ0) is 41.6. The monoisotopic (exact) mass is 801 g/mol. The van der Waals surface area contributed by atoms with E-state index in [-0.39, 0.29) is 29.5 Å². The molecule has 2 aliphatic heterocycles. The SMILES string of the molecule is Cc1ccc2c(N3CCC(N)CC3)nc(-c3ccccc3O)nc2c1.Cc1ccc2c(N3CCC(NC(=O)CCc4ccccn4)CC3)nc(-c3ccccc3O)nc2c1. The lowest BCUT2D eigenvalue weighted by Gasteiger charge is -2.34. The van der Waals surface area contributed by atoms with Crippen LogP contribution in [0.1, 0.15) is 48.9 Å². The lowest BCUT2D eigenvalue weighted by atomic mass is 10.0. The zero-order valence-corrected chi connectivity index (χ0v) is 34.1. The number of fused-ring (bicyclic) bond motifs is 2. The number of aromatic hydroxyl groups is 2. The van der Waals surface area contributed by atoms with Gasteiger partial charge >= 0.3 is 0 Å². The predicted octanol–water partition coefficient (Wildman–Crippen LogP) is 7.66. The third-order valence-corrected chi connectivity index (χ3v) is 11.3. The molecule has 9 rings (SSSR count). The van der Waals surface area contributed by atoms with Crippen molar-refractivity contribution in [2.75, 3.05) is 36.0 Å². The van der Waals surface area contributed by atoms with Crippen molar-refractivity contribution in [3.8, 4) is 34.3 Å². The van der Waals surface area contributed by atoms with E-state index in [2.05, 4.69) is 63.4 Å². The number of hydrogen-bond donors (Lipinski definition) is 4. The van der Waals surface area contributed by atoms with Gasteiger partial charge in [0.25, 0.3) is 0 Å². The number of nitrogens with two attached hydrogens (primary N) is 1. The summed E-state index contributed by atoms with van der Waals surface area (Å²) < 4.78 is 0. The summed E-state index contributed by atoms with van der Waals surface area (Å²) in [5.41, 5.74) is 12.3. The minimum Gasteiger partial charge on any atom is -0.507 e. The molecule has 12 nitrogen and oxygen atoms in total. The normalized spacial score (nSPS) is 14.8. The first kappa shape index (κ1) is 40.1. The Labute approximate surface area is 350 Å². The van der Waals surface area contributed by atoms with E-state index >= 15 is 0 Å². The maximum Gasteiger partial charge on any atom is 0.220 e. The van der Waals surface area contributed by atoms with Gasteiger partial charge in [0.15, 0.2) is 11.6 Å². The summed E-state index contributed by atoms with van der Waals surface area (Å²) in [5.74, 6) is 3.29. The second kappa shape index (κ2) is 18.1. The van der Waals surface area contributed by atoms with Gasteiger partial charge in [-0.05, 0) is 118 Å². The van der Waals surface area contributed by atoms with Crippen LogP contribution in [-0.4, -0.2) is 79.3 Å². The molecule has 12 heteroatoms. The molecule has 0 unspecified atom stereocenters. The fourth-order valence-corrected chi connectivity index (χ4v) is 7.93. The molecule has 0 saturated carbocycles. The van der Waals surface area contributed by atoms with E-state index < -0.39 is 0 Å². The van der Waals surface area contributed by atoms with Crippen LogP contribution in [0.3, 0.4) is 0 Å². The highest BCUT2D eigenvalue weighted by Gasteiger charge is 2.25. The van der Waals surface area contributed by atoms with E-state index in [1.54, 1.807) is 30.5 Å². The van der Waals surface area contributed by atoms with Gasteiger partial charge in [0.05, 0.1) is 22.2 Å². The van der Waals surface area contributed by atoms with E-state index in [9.17, 15) is 15.0 Å². The minimum atomic E-state index is 0.0684. The lowest BCUT2D eigenvalue weighted by Crippen LogP contribution is -2.45. The van der Waals surface area contributed by atoms with Crippen LogP contribution >= 0.6 is 0 Å². The van der Waals surface area contributed by atoms with E-state index in [4.69, 9.17) is 25.7 Å². The van der Waals surface area contributed by atoms with Crippen molar-refractivity contribution < 1.29 is 15.0 Å². The van der Waals surface area contributed by atoms with Crippen LogP contribution in [0.5, 0.6) is 11.5 Å². The molecule has 5 N–H and O–H groups in total. The van der Waals surface area contributed by atoms with Crippen molar-refractivity contribution in [3.05, 3.63) is 126 Å². The number of nitrogens with zero attached hydrogens (tertiary/aromatic N) is 7. The van der Waals surface area contributed by atoms with Crippen LogP contribution in [0.15, 0.2) is 109 Å². The molecular weight excluding hydrogens is 751 g/mol. The van der Waals surface area contributed by atoms with Gasteiger partial charge in [-0.3, -0.25) is 9.78 Å². The summed E-state index contributed by atoms with van der Waals surface area (Å²) in [7, 11) is 0. The molecule has 2 saturated heterocycles. The van der Waals surface area contributed by atoms with Gasteiger partial charge < -0.3 is 31.1 Å². The molecule has 1 amide bonds. The van der Waals surface area contributed by atoms with Crippen LogP contribution in [0.2, 0.25) is 0 Å². The van der Waals surface area contributed by atoms with Gasteiger partial charge in [0.2, 0.25) is 5.91 Å². The highest BCUT2D eigenvalue weighted by molar-refractivity contribution is 5.93. The molecule has 5 heterocycles. The molecule has 0 radical (unpaired) electrons. The smallest absolute Gasteiger partial charge is 0.220 e. The van der Waals surface area contributed by atoms with Crippen molar-refractivity contribution in [1.29, 1.82) is 0 Å². The van der Waals surface area contributed by atoms with Gasteiger partial charge in [0, 0.05) is 67.3 Å². The second-order valence-electron chi connectivity index (χ2n) is 15.8. The van der Waals surface area contributed by atoms with Crippen LogP contribution < -0.4 is 20.9 Å². The van der Waals surface area contributed by atoms with Gasteiger partial charge in [0.1, 0.15) is 23.1 Å². The Morgan fingerprint density at radius 1 is 0.667 bits per heavy atom. The Bertz CT molecular complexity index is 2610. The molecule has 0 aliphatic carbocycles. The van der Waals surface area contributed by atoms with Gasteiger partial charge in [-0.1, -0.05) is 42.5 Å². The van der Waals surface area contributed by atoms with Crippen molar-refractivity contribution in [2.24, 2.45) is 5.73 Å². The maximum atomic E-state index is 12.5. The van der Waals surface area contributed by atoms with Crippen LogP contribution in [0, 0.1) is 13.8 Å². The molecule has 7 aromatic rings. The third-order valence-electron chi connectivity index (χ3n) is 11.3. The summed E-state index contributed by atoms with van der Waals surface area (Å²) in [6.07, 6.45) is 6.46. The summed E-state index contributed by atoms with van der Waals surface area (Å²) in [4.78, 5) is 40.5. The summed E-state index contributed by atoms with van der Waals surface area (Å²) >= 11 is 0. The Kier molecular flexibility index (Phi) is 12.1. The number of piperidine rings is 2. The average Bonchev–Trinajstić information content (AvgIpc) is 3.26. The molecule has 3 aromatic heterocycles. The standard InChI is InChI=1S/C28H29N5O2.C20H22N4O/c1-19-9-11-22-24(18-19)31-27(23-7-2-3-8-25(23)34)32-28(22)33-16-13-21(14-17-33)30-26(35)12-10-20-6-4-5-15-29-20;1-13-6-7-15-17(12-13)22-19(16-4-2-3-5-18(16)25)23-20(15)24-10-8-14(21)9-11-24/h2-9,11,15,18,21,34H,10,12-14,16-17H2,1H3,(H,30,35);2-7,12,14,25H,8-11,21H2,1H3.